The van der Waals surface area contributed by atoms with Crippen LogP contribution in [0.25, 0.3) is 0 Å². The molecule has 0 fully saturated rings. The van der Waals surface area contributed by atoms with E-state index in [-0.39, 0.29) is 32.6 Å². The summed E-state index contributed by atoms with van der Waals surface area (Å²) in [5.41, 5.74) is 0. The summed E-state index contributed by atoms with van der Waals surface area (Å²) in [6.45, 7) is 0.295. The summed E-state index contributed by atoms with van der Waals surface area (Å²) in [6.07, 6.45) is 0. The molecule has 0 saturated carbocycles. The van der Waals surface area contributed by atoms with Crippen molar-refractivity contribution in [2.75, 3.05) is 33.5 Å². The van der Waals surface area contributed by atoms with Crippen molar-refractivity contribution in [3.05, 3.63) is 0 Å². The fourth-order valence-electron chi connectivity index (χ4n) is 0.376. The molecule has 16 heavy (non-hydrogen) atoms. The molecule has 0 aliphatic carbocycles. The fraction of sp³-hybridized carbons (Fsp3) is 1.00. The third kappa shape index (κ3) is 37.3. The molecule has 0 rings (SSSR count). The Balaban J connectivity index is -0.000000242. The van der Waals surface area contributed by atoms with Gasteiger partial charge in [0.05, 0.1) is 26.4 Å². The summed E-state index contributed by atoms with van der Waals surface area (Å²) in [4.78, 5) is 9.49. The predicted molar refractivity (Wildman–Crippen MR) is 53.0 cm³/mol. The summed E-state index contributed by atoms with van der Waals surface area (Å²) in [6, 6.07) is 0. The molecule has 0 aliphatic rings. The first-order chi connectivity index (χ1) is 6.81. The van der Waals surface area contributed by atoms with E-state index < -0.39 is 10.4 Å². The molecule has 0 atom stereocenters. The summed E-state index contributed by atoms with van der Waals surface area (Å²) in [5.74, 6) is 0. The van der Waals surface area contributed by atoms with Crippen LogP contribution in [0, 0.1) is 0 Å². The molecule has 0 aromatic carbocycles. The lowest BCUT2D eigenvalue weighted by Crippen LogP contribution is -2.22. The zero-order valence-electron chi connectivity index (χ0n) is 8.81. The number of aliphatic hydroxyl groups excluding tert-OH is 2. The molecule has 102 valence electrons. The molecule has 0 heterocycles. The highest BCUT2D eigenvalue weighted by atomic mass is 32.3. The molecule has 0 saturated heterocycles. The van der Waals surface area contributed by atoms with E-state index in [1.807, 2.05) is 0 Å². The number of nitrogens with zero attached hydrogens (tertiary/aromatic N) is 1. The standard InChI is InChI=1S/C5H13NO4.H3N.H2O4S/c1-6(9-4-2-7)10-5-3-8;;1-5(2,3)4/h7-8H,2-5H2,1H3;1H3;(H2,1,2,3,4). The van der Waals surface area contributed by atoms with E-state index in [2.05, 4.69) is 0 Å². The molecule has 7 N–H and O–H groups in total. The van der Waals surface area contributed by atoms with Gasteiger partial charge in [-0.2, -0.15) is 8.42 Å². The maximum Gasteiger partial charge on any atom is 0.394 e. The minimum Gasteiger partial charge on any atom is -0.394 e. The van der Waals surface area contributed by atoms with E-state index in [9.17, 15) is 0 Å². The Morgan fingerprint density at radius 1 is 1.06 bits per heavy atom. The van der Waals surface area contributed by atoms with Gasteiger partial charge in [0.15, 0.2) is 0 Å². The van der Waals surface area contributed by atoms with Gasteiger partial charge >= 0.3 is 10.4 Å². The van der Waals surface area contributed by atoms with Crippen LogP contribution >= 0.6 is 0 Å². The summed E-state index contributed by atoms with van der Waals surface area (Å²) in [5, 5.41) is 17.7. The third-order valence-electron chi connectivity index (χ3n) is 0.729. The minimum absolute atomic E-state index is 0. The van der Waals surface area contributed by atoms with Gasteiger partial charge in [0, 0.05) is 7.05 Å². The van der Waals surface area contributed by atoms with E-state index in [0.29, 0.717) is 0 Å². The Morgan fingerprint density at radius 3 is 1.50 bits per heavy atom. The SMILES string of the molecule is CN(OCCO)OCCO.N.O=S(=O)(O)O. The second kappa shape index (κ2) is 12.7. The normalized spacial score (nSPS) is 10.4. The molecular formula is C5H18N2O8S. The van der Waals surface area contributed by atoms with Crippen molar-refractivity contribution in [2.45, 2.75) is 0 Å². The van der Waals surface area contributed by atoms with E-state index in [1.54, 1.807) is 7.05 Å². The molecular weight excluding hydrogens is 248 g/mol. The van der Waals surface area contributed by atoms with Crippen molar-refractivity contribution in [1.29, 1.82) is 0 Å². The van der Waals surface area contributed by atoms with Crippen LogP contribution in [-0.2, 0) is 20.1 Å². The lowest BCUT2D eigenvalue weighted by molar-refractivity contribution is -0.356. The monoisotopic (exact) mass is 266 g/mol. The molecule has 0 spiro atoms. The largest absolute Gasteiger partial charge is 0.394 e. The zero-order valence-corrected chi connectivity index (χ0v) is 9.63. The Kier molecular flexibility index (Phi) is 16.6. The van der Waals surface area contributed by atoms with Crippen LogP contribution < -0.4 is 6.15 Å². The Hall–Kier alpha value is -0.370. The molecule has 0 unspecified atom stereocenters. The van der Waals surface area contributed by atoms with Crippen LogP contribution in [0.2, 0.25) is 0 Å². The van der Waals surface area contributed by atoms with Crippen molar-refractivity contribution in [1.82, 2.24) is 11.4 Å². The lowest BCUT2D eigenvalue weighted by atomic mass is 10.8. The van der Waals surface area contributed by atoms with Gasteiger partial charge in [0.2, 0.25) is 0 Å². The van der Waals surface area contributed by atoms with Gasteiger partial charge in [0.1, 0.15) is 0 Å². The smallest absolute Gasteiger partial charge is 0.394 e. The highest BCUT2D eigenvalue weighted by Crippen LogP contribution is 1.85. The maximum atomic E-state index is 8.74. The fourth-order valence-corrected chi connectivity index (χ4v) is 0.376. The quantitative estimate of drug-likeness (QED) is 0.275. The van der Waals surface area contributed by atoms with E-state index in [4.69, 9.17) is 37.4 Å². The molecule has 11 heteroatoms. The van der Waals surface area contributed by atoms with Gasteiger partial charge in [-0.15, -0.1) is 0 Å². The number of hydroxylamine groups is 2. The lowest BCUT2D eigenvalue weighted by Gasteiger charge is -2.13. The van der Waals surface area contributed by atoms with Crippen molar-refractivity contribution >= 4 is 10.4 Å². The Labute approximate surface area is 93.5 Å². The maximum absolute atomic E-state index is 8.74. The van der Waals surface area contributed by atoms with Crippen molar-refractivity contribution in [3.8, 4) is 0 Å². The zero-order chi connectivity index (χ0) is 12.3. The predicted octanol–water partition coefficient (Wildman–Crippen LogP) is -1.72. The van der Waals surface area contributed by atoms with Gasteiger partial charge < -0.3 is 16.4 Å². The summed E-state index contributed by atoms with van der Waals surface area (Å²) >= 11 is 0. The second-order valence-corrected chi connectivity index (χ2v) is 2.90. The van der Waals surface area contributed by atoms with E-state index >= 15 is 0 Å². The van der Waals surface area contributed by atoms with Crippen molar-refractivity contribution in [3.63, 3.8) is 0 Å². The molecule has 0 aromatic rings. The van der Waals surface area contributed by atoms with Crippen LogP contribution in [0.3, 0.4) is 0 Å². The van der Waals surface area contributed by atoms with Crippen LogP contribution in [0.4, 0.5) is 0 Å². The van der Waals surface area contributed by atoms with E-state index in [1.165, 1.54) is 0 Å². The minimum atomic E-state index is -4.67. The number of hydrogen-bond donors (Lipinski definition) is 5. The molecule has 0 bridgehead atoms. The van der Waals surface area contributed by atoms with Gasteiger partial charge in [0.25, 0.3) is 0 Å². The number of rotatable bonds is 6. The molecule has 0 aromatic heterocycles. The van der Waals surface area contributed by atoms with Crippen molar-refractivity contribution < 1.29 is 37.4 Å². The third-order valence-corrected chi connectivity index (χ3v) is 0.729. The molecule has 0 radical (unpaired) electrons. The topological polar surface area (TPSA) is 172 Å². The second-order valence-electron chi connectivity index (χ2n) is 2.00. The number of hydrogen-bond acceptors (Lipinski definition) is 8. The molecule has 0 amide bonds. The van der Waals surface area contributed by atoms with Gasteiger partial charge in [-0.3, -0.25) is 18.8 Å². The van der Waals surface area contributed by atoms with Crippen LogP contribution in [0.5, 0.6) is 0 Å². The summed E-state index contributed by atoms with van der Waals surface area (Å²) < 4.78 is 31.6. The van der Waals surface area contributed by atoms with Crippen molar-refractivity contribution in [2.24, 2.45) is 0 Å². The highest BCUT2D eigenvalue weighted by Gasteiger charge is 1.95. The first kappa shape index (κ1) is 21.0. The molecule has 0 aliphatic heterocycles. The molecule has 10 nitrogen and oxygen atoms in total. The van der Waals surface area contributed by atoms with Crippen LogP contribution in [0.15, 0.2) is 0 Å². The van der Waals surface area contributed by atoms with Crippen LogP contribution in [0.1, 0.15) is 0 Å². The Morgan fingerprint density at radius 2 is 1.31 bits per heavy atom. The summed E-state index contributed by atoms with van der Waals surface area (Å²) in [7, 11) is -3.12. The van der Waals surface area contributed by atoms with Gasteiger partial charge in [-0.1, -0.05) is 5.23 Å². The number of aliphatic hydroxyl groups is 2. The first-order valence-corrected chi connectivity index (χ1v) is 5.12. The highest BCUT2D eigenvalue weighted by molar-refractivity contribution is 7.79. The van der Waals surface area contributed by atoms with Crippen LogP contribution in [-0.4, -0.2) is 66.4 Å². The van der Waals surface area contributed by atoms with E-state index in [0.717, 1.165) is 5.23 Å². The average molecular weight is 266 g/mol. The average Bonchev–Trinajstić information content (AvgIpc) is 2.08. The Bertz CT molecular complexity index is 204. The van der Waals surface area contributed by atoms with Gasteiger partial charge in [-0.25, -0.2) is 0 Å². The van der Waals surface area contributed by atoms with Gasteiger partial charge in [-0.05, 0) is 0 Å². The first-order valence-electron chi connectivity index (χ1n) is 3.72.